The van der Waals surface area contributed by atoms with Crippen LogP contribution >= 0.6 is 0 Å². The SMILES string of the molecule is CC(=O)Nc1cc(-c2[nH]c3c(C(C)O)ccnc3c2-c2cccc(F)n2)ccn1. The van der Waals surface area contributed by atoms with E-state index in [1.807, 2.05) is 0 Å². The van der Waals surface area contributed by atoms with E-state index in [4.69, 9.17) is 0 Å². The van der Waals surface area contributed by atoms with Crippen molar-refractivity contribution in [2.75, 3.05) is 5.32 Å². The molecule has 4 heterocycles. The van der Waals surface area contributed by atoms with Crippen molar-refractivity contribution in [2.24, 2.45) is 0 Å². The van der Waals surface area contributed by atoms with E-state index < -0.39 is 12.1 Å². The monoisotopic (exact) mass is 391 g/mol. The fourth-order valence-electron chi connectivity index (χ4n) is 3.30. The number of halogens is 1. The fraction of sp³-hybridized carbons (Fsp3) is 0.143. The molecule has 29 heavy (non-hydrogen) atoms. The van der Waals surface area contributed by atoms with E-state index in [1.54, 1.807) is 49.6 Å². The fourth-order valence-corrected chi connectivity index (χ4v) is 3.30. The molecule has 146 valence electrons. The van der Waals surface area contributed by atoms with Crippen LogP contribution in [0, 0.1) is 5.95 Å². The molecule has 1 atom stereocenters. The number of rotatable bonds is 4. The van der Waals surface area contributed by atoms with Crippen molar-refractivity contribution < 1.29 is 14.3 Å². The molecule has 4 aromatic heterocycles. The second-order valence-corrected chi connectivity index (χ2v) is 6.63. The molecule has 0 aliphatic carbocycles. The number of pyridine rings is 3. The Kier molecular flexibility index (Phi) is 4.77. The van der Waals surface area contributed by atoms with E-state index >= 15 is 0 Å². The molecule has 3 N–H and O–H groups in total. The van der Waals surface area contributed by atoms with E-state index in [0.29, 0.717) is 44.9 Å². The van der Waals surface area contributed by atoms with Crippen LogP contribution in [0.5, 0.6) is 0 Å². The molecule has 0 bridgehead atoms. The van der Waals surface area contributed by atoms with E-state index in [0.717, 1.165) is 0 Å². The zero-order valence-electron chi connectivity index (χ0n) is 15.8. The van der Waals surface area contributed by atoms with Gasteiger partial charge in [-0.2, -0.15) is 4.39 Å². The number of H-pyrrole nitrogens is 1. The van der Waals surface area contributed by atoms with E-state index in [-0.39, 0.29) is 5.91 Å². The summed E-state index contributed by atoms with van der Waals surface area (Å²) in [5.74, 6) is -0.463. The van der Waals surface area contributed by atoms with Crippen LogP contribution in [-0.4, -0.2) is 30.9 Å². The molecule has 0 spiro atoms. The third kappa shape index (κ3) is 3.57. The lowest BCUT2D eigenvalue weighted by Gasteiger charge is -2.07. The number of aliphatic hydroxyl groups is 1. The van der Waals surface area contributed by atoms with Crippen LogP contribution in [0.4, 0.5) is 10.2 Å². The van der Waals surface area contributed by atoms with Crippen molar-refractivity contribution in [3.05, 3.63) is 60.3 Å². The highest BCUT2D eigenvalue weighted by molar-refractivity contribution is 6.02. The molecular formula is C21H18FN5O2. The first-order chi connectivity index (χ1) is 13.9. The van der Waals surface area contributed by atoms with Crippen LogP contribution in [0.2, 0.25) is 0 Å². The predicted octanol–water partition coefficient (Wildman–Crippen LogP) is 3.84. The van der Waals surface area contributed by atoms with Gasteiger partial charge in [0.05, 0.1) is 34.1 Å². The molecule has 0 aliphatic rings. The van der Waals surface area contributed by atoms with Crippen LogP contribution in [0.3, 0.4) is 0 Å². The number of carbonyl (C=O) groups excluding carboxylic acids is 1. The molecule has 0 radical (unpaired) electrons. The number of aromatic nitrogens is 4. The van der Waals surface area contributed by atoms with Crippen molar-refractivity contribution in [2.45, 2.75) is 20.0 Å². The maximum Gasteiger partial charge on any atom is 0.222 e. The number of hydrogen-bond acceptors (Lipinski definition) is 5. The van der Waals surface area contributed by atoms with Crippen LogP contribution in [-0.2, 0) is 4.79 Å². The molecular weight excluding hydrogens is 373 g/mol. The minimum atomic E-state index is -0.729. The van der Waals surface area contributed by atoms with Crippen LogP contribution in [0.15, 0.2) is 48.8 Å². The molecule has 4 aromatic rings. The Morgan fingerprint density at radius 1 is 1.21 bits per heavy atom. The standard InChI is InChI=1S/C21H18FN5O2/c1-11(28)14-7-9-24-21-18(15-4-3-5-16(22)26-15)19(27-20(14)21)13-6-8-23-17(10-13)25-12(2)29/h3-11,27-28H,1-2H3,(H,23,25,29). The molecule has 0 fully saturated rings. The number of aromatic amines is 1. The first kappa shape index (κ1) is 18.7. The Morgan fingerprint density at radius 3 is 2.72 bits per heavy atom. The average molecular weight is 391 g/mol. The summed E-state index contributed by atoms with van der Waals surface area (Å²) in [6.45, 7) is 3.06. The van der Waals surface area contributed by atoms with Crippen molar-refractivity contribution in [1.82, 2.24) is 19.9 Å². The van der Waals surface area contributed by atoms with Gasteiger partial charge in [-0.1, -0.05) is 6.07 Å². The Bertz CT molecular complexity index is 1220. The van der Waals surface area contributed by atoms with Gasteiger partial charge in [-0.15, -0.1) is 0 Å². The first-order valence-corrected chi connectivity index (χ1v) is 8.99. The highest BCUT2D eigenvalue weighted by Gasteiger charge is 2.21. The maximum absolute atomic E-state index is 13.9. The maximum atomic E-state index is 13.9. The summed E-state index contributed by atoms with van der Waals surface area (Å²) in [7, 11) is 0. The zero-order valence-corrected chi connectivity index (χ0v) is 15.8. The quantitative estimate of drug-likeness (QED) is 0.459. The van der Waals surface area contributed by atoms with Gasteiger partial charge in [0.25, 0.3) is 0 Å². The van der Waals surface area contributed by atoms with Crippen LogP contribution in [0.25, 0.3) is 33.5 Å². The molecule has 8 heteroatoms. The highest BCUT2D eigenvalue weighted by atomic mass is 19.1. The number of amides is 1. The smallest absolute Gasteiger partial charge is 0.222 e. The number of carbonyl (C=O) groups is 1. The van der Waals surface area contributed by atoms with Crippen LogP contribution < -0.4 is 5.32 Å². The minimum absolute atomic E-state index is 0.239. The summed E-state index contributed by atoms with van der Waals surface area (Å²) in [6, 6.07) is 9.74. The zero-order chi connectivity index (χ0) is 20.5. The molecule has 1 unspecified atom stereocenters. The number of nitrogens with zero attached hydrogens (tertiary/aromatic N) is 3. The van der Waals surface area contributed by atoms with E-state index in [2.05, 4.69) is 25.3 Å². The summed E-state index contributed by atoms with van der Waals surface area (Å²) in [6.07, 6.45) is 2.44. The first-order valence-electron chi connectivity index (χ1n) is 8.99. The largest absolute Gasteiger partial charge is 0.389 e. The van der Waals surface area contributed by atoms with E-state index in [9.17, 15) is 14.3 Å². The third-order valence-corrected chi connectivity index (χ3v) is 4.49. The Morgan fingerprint density at radius 2 is 2.00 bits per heavy atom. The van der Waals surface area contributed by atoms with Gasteiger partial charge >= 0.3 is 0 Å². The average Bonchev–Trinajstić information content (AvgIpc) is 3.07. The number of nitrogens with one attached hydrogen (secondary N) is 2. The molecule has 4 rings (SSSR count). The Labute approximate surface area is 165 Å². The lowest BCUT2D eigenvalue weighted by molar-refractivity contribution is -0.114. The van der Waals surface area contributed by atoms with Crippen molar-refractivity contribution in [1.29, 1.82) is 0 Å². The van der Waals surface area contributed by atoms with Crippen molar-refractivity contribution in [3.63, 3.8) is 0 Å². The van der Waals surface area contributed by atoms with Gasteiger partial charge in [-0.3, -0.25) is 9.78 Å². The normalized spacial score (nSPS) is 12.1. The topological polar surface area (TPSA) is 104 Å². The minimum Gasteiger partial charge on any atom is -0.389 e. The molecule has 0 saturated carbocycles. The second-order valence-electron chi connectivity index (χ2n) is 6.63. The van der Waals surface area contributed by atoms with Gasteiger partial charge in [0.2, 0.25) is 11.9 Å². The van der Waals surface area contributed by atoms with Gasteiger partial charge in [0.15, 0.2) is 0 Å². The van der Waals surface area contributed by atoms with Crippen molar-refractivity contribution in [3.8, 4) is 22.5 Å². The third-order valence-electron chi connectivity index (χ3n) is 4.49. The summed E-state index contributed by atoms with van der Waals surface area (Å²) < 4.78 is 13.9. The lowest BCUT2D eigenvalue weighted by Crippen LogP contribution is -2.07. The molecule has 0 aliphatic heterocycles. The highest BCUT2D eigenvalue weighted by Crippen LogP contribution is 2.38. The van der Waals surface area contributed by atoms with Gasteiger partial charge in [0.1, 0.15) is 5.82 Å². The summed E-state index contributed by atoms with van der Waals surface area (Å²) in [5, 5.41) is 12.8. The molecule has 0 saturated heterocycles. The van der Waals surface area contributed by atoms with Gasteiger partial charge in [-0.05, 0) is 37.3 Å². The number of aliphatic hydroxyl groups excluding tert-OH is 1. The Balaban J connectivity index is 2.02. The van der Waals surface area contributed by atoms with Gasteiger partial charge in [-0.25, -0.2) is 9.97 Å². The molecule has 1 amide bonds. The van der Waals surface area contributed by atoms with Crippen LogP contribution in [0.1, 0.15) is 25.5 Å². The lowest BCUT2D eigenvalue weighted by atomic mass is 10.0. The number of fused-ring (bicyclic) bond motifs is 1. The number of hydrogen-bond donors (Lipinski definition) is 3. The molecule has 0 aromatic carbocycles. The van der Waals surface area contributed by atoms with E-state index in [1.165, 1.54) is 13.0 Å². The van der Waals surface area contributed by atoms with Gasteiger partial charge < -0.3 is 15.4 Å². The summed E-state index contributed by atoms with van der Waals surface area (Å²) in [4.78, 5) is 27.3. The summed E-state index contributed by atoms with van der Waals surface area (Å²) in [5.41, 5.74) is 4.20. The van der Waals surface area contributed by atoms with Crippen molar-refractivity contribution >= 4 is 22.8 Å². The Hall–Kier alpha value is -3.65. The second kappa shape index (κ2) is 7.40. The predicted molar refractivity (Wildman–Crippen MR) is 107 cm³/mol. The summed E-state index contributed by atoms with van der Waals surface area (Å²) >= 11 is 0. The molecule has 7 nitrogen and oxygen atoms in total. The number of anilines is 1. The van der Waals surface area contributed by atoms with Gasteiger partial charge in [0, 0.05) is 30.4 Å².